The van der Waals surface area contributed by atoms with Gasteiger partial charge in [-0.1, -0.05) is 36.4 Å². The fraction of sp³-hybridized carbons (Fsp3) is 0.400. The first kappa shape index (κ1) is 16.7. The second kappa shape index (κ2) is 8.06. The number of benzene rings is 1. The highest BCUT2D eigenvalue weighted by Gasteiger charge is 2.24. The predicted molar refractivity (Wildman–Crippen MR) is 94.1 cm³/mol. The zero-order chi connectivity index (χ0) is 16.8. The Morgan fingerprint density at radius 2 is 1.92 bits per heavy atom. The molecule has 24 heavy (non-hydrogen) atoms. The number of hydrogen-bond donors (Lipinski definition) is 1. The Bertz CT molecular complexity index is 637. The summed E-state index contributed by atoms with van der Waals surface area (Å²) in [5, 5.41) is 9.50. The summed E-state index contributed by atoms with van der Waals surface area (Å²) in [6.45, 7) is 2.91. The van der Waals surface area contributed by atoms with Gasteiger partial charge in [-0.3, -0.25) is 9.78 Å². The van der Waals surface area contributed by atoms with Gasteiger partial charge in [0, 0.05) is 12.4 Å². The van der Waals surface area contributed by atoms with Gasteiger partial charge in [0.15, 0.2) is 0 Å². The van der Waals surface area contributed by atoms with Crippen molar-refractivity contribution in [2.45, 2.75) is 31.1 Å². The Labute approximate surface area is 143 Å². The maximum Gasteiger partial charge on any atom is 0.311 e. The summed E-state index contributed by atoms with van der Waals surface area (Å²) in [6, 6.07) is 14.3. The summed E-state index contributed by atoms with van der Waals surface area (Å²) < 4.78 is 0. The molecular weight excluding hydrogens is 300 g/mol. The number of pyridine rings is 1. The second-order valence-electron chi connectivity index (χ2n) is 6.49. The van der Waals surface area contributed by atoms with Gasteiger partial charge in [0.25, 0.3) is 0 Å². The van der Waals surface area contributed by atoms with E-state index in [0.717, 1.165) is 38.0 Å². The lowest BCUT2D eigenvalue weighted by molar-refractivity contribution is -0.139. The molecule has 1 atom stereocenters. The lowest BCUT2D eigenvalue weighted by Crippen LogP contribution is -2.34. The van der Waals surface area contributed by atoms with E-state index in [1.54, 1.807) is 18.5 Å². The van der Waals surface area contributed by atoms with E-state index in [1.807, 2.05) is 6.07 Å². The van der Waals surface area contributed by atoms with Crippen LogP contribution >= 0.6 is 0 Å². The molecular formula is C20H24N2O2. The largest absolute Gasteiger partial charge is 0.481 e. The predicted octanol–water partition coefficient (Wildman–Crippen LogP) is 3.52. The maximum absolute atomic E-state index is 11.6. The van der Waals surface area contributed by atoms with Gasteiger partial charge in [-0.15, -0.1) is 0 Å². The Morgan fingerprint density at radius 1 is 1.17 bits per heavy atom. The maximum atomic E-state index is 11.6. The number of piperidine rings is 1. The van der Waals surface area contributed by atoms with Crippen molar-refractivity contribution in [2.24, 2.45) is 0 Å². The highest BCUT2D eigenvalue weighted by atomic mass is 16.4. The number of likely N-dealkylation sites (tertiary alicyclic amines) is 1. The molecule has 3 rings (SSSR count). The standard InChI is InChI=1S/C20H24N2O2/c23-20(24)19(18-7-4-11-21-15-18)10-14-22-12-8-17(9-13-22)16-5-2-1-3-6-16/h1-7,11,15,17,19H,8-10,12-14H2,(H,23,24). The van der Waals surface area contributed by atoms with Crippen LogP contribution < -0.4 is 0 Å². The van der Waals surface area contributed by atoms with Crippen LogP contribution in [0.1, 0.15) is 42.2 Å². The molecule has 0 amide bonds. The summed E-state index contributed by atoms with van der Waals surface area (Å²) in [6.07, 6.45) is 6.28. The first-order chi connectivity index (χ1) is 11.7. The Hall–Kier alpha value is -2.20. The van der Waals surface area contributed by atoms with Gasteiger partial charge in [0.2, 0.25) is 0 Å². The van der Waals surface area contributed by atoms with E-state index in [0.29, 0.717) is 12.3 Å². The van der Waals surface area contributed by atoms with E-state index in [1.165, 1.54) is 5.56 Å². The highest BCUT2D eigenvalue weighted by Crippen LogP contribution is 2.28. The van der Waals surface area contributed by atoms with E-state index in [4.69, 9.17) is 0 Å². The molecule has 1 aliphatic heterocycles. The third kappa shape index (κ3) is 4.20. The number of nitrogens with zero attached hydrogens (tertiary/aromatic N) is 2. The SMILES string of the molecule is O=C(O)C(CCN1CCC(c2ccccc2)CC1)c1cccnc1. The smallest absolute Gasteiger partial charge is 0.311 e. The monoisotopic (exact) mass is 324 g/mol. The molecule has 1 unspecified atom stereocenters. The van der Waals surface area contributed by atoms with E-state index in [2.05, 4.69) is 40.2 Å². The summed E-state index contributed by atoms with van der Waals surface area (Å²) >= 11 is 0. The average Bonchev–Trinajstić information content (AvgIpc) is 2.64. The zero-order valence-electron chi connectivity index (χ0n) is 13.8. The summed E-state index contributed by atoms with van der Waals surface area (Å²) in [7, 11) is 0. The number of carboxylic acids is 1. The summed E-state index contributed by atoms with van der Waals surface area (Å²) in [4.78, 5) is 18.0. The van der Waals surface area contributed by atoms with E-state index in [9.17, 15) is 9.90 Å². The lowest BCUT2D eigenvalue weighted by atomic mass is 9.89. The van der Waals surface area contributed by atoms with Crippen molar-refractivity contribution in [3.8, 4) is 0 Å². The van der Waals surface area contributed by atoms with Crippen LogP contribution in [0.25, 0.3) is 0 Å². The average molecular weight is 324 g/mol. The number of hydrogen-bond acceptors (Lipinski definition) is 3. The molecule has 0 saturated carbocycles. The number of aromatic nitrogens is 1. The van der Waals surface area contributed by atoms with Gasteiger partial charge in [-0.25, -0.2) is 0 Å². The van der Waals surface area contributed by atoms with Crippen LogP contribution in [0.4, 0.5) is 0 Å². The number of aliphatic carboxylic acids is 1. The van der Waals surface area contributed by atoms with Crippen LogP contribution in [0.15, 0.2) is 54.9 Å². The minimum absolute atomic E-state index is 0.467. The van der Waals surface area contributed by atoms with Crippen molar-refractivity contribution < 1.29 is 9.90 Å². The van der Waals surface area contributed by atoms with Gasteiger partial charge >= 0.3 is 5.97 Å². The normalized spacial score (nSPS) is 17.5. The zero-order valence-corrected chi connectivity index (χ0v) is 13.8. The lowest BCUT2D eigenvalue weighted by Gasteiger charge is -2.32. The van der Waals surface area contributed by atoms with Crippen LogP contribution in [0.2, 0.25) is 0 Å². The molecule has 1 fully saturated rings. The quantitative estimate of drug-likeness (QED) is 0.883. The number of carboxylic acid groups (broad SMARTS) is 1. The Kier molecular flexibility index (Phi) is 5.59. The first-order valence-corrected chi connectivity index (χ1v) is 8.64. The molecule has 1 N–H and O–H groups in total. The molecule has 2 heterocycles. The van der Waals surface area contributed by atoms with Crippen LogP contribution in [0.3, 0.4) is 0 Å². The molecule has 1 aromatic heterocycles. The van der Waals surface area contributed by atoms with Gasteiger partial charge in [-0.05, 0) is 62.0 Å². The van der Waals surface area contributed by atoms with Crippen molar-refractivity contribution in [1.29, 1.82) is 0 Å². The molecule has 4 heteroatoms. The molecule has 0 aliphatic carbocycles. The fourth-order valence-corrected chi connectivity index (χ4v) is 3.54. The second-order valence-corrected chi connectivity index (χ2v) is 6.49. The van der Waals surface area contributed by atoms with Crippen LogP contribution in [-0.4, -0.2) is 40.6 Å². The van der Waals surface area contributed by atoms with Gasteiger partial charge in [0.1, 0.15) is 0 Å². The molecule has 1 aliphatic rings. The van der Waals surface area contributed by atoms with Crippen molar-refractivity contribution in [3.63, 3.8) is 0 Å². The minimum atomic E-state index is -0.762. The molecule has 0 bridgehead atoms. The fourth-order valence-electron chi connectivity index (χ4n) is 3.54. The number of rotatable bonds is 6. The molecule has 1 saturated heterocycles. The Balaban J connectivity index is 1.51. The first-order valence-electron chi connectivity index (χ1n) is 8.64. The molecule has 2 aromatic rings. The van der Waals surface area contributed by atoms with Crippen molar-refractivity contribution in [1.82, 2.24) is 9.88 Å². The minimum Gasteiger partial charge on any atom is -0.481 e. The van der Waals surface area contributed by atoms with Crippen molar-refractivity contribution >= 4 is 5.97 Å². The topological polar surface area (TPSA) is 53.4 Å². The molecule has 1 aromatic carbocycles. The molecule has 4 nitrogen and oxygen atoms in total. The van der Waals surface area contributed by atoms with Gasteiger partial charge < -0.3 is 10.0 Å². The van der Waals surface area contributed by atoms with Crippen molar-refractivity contribution in [3.05, 3.63) is 66.0 Å². The van der Waals surface area contributed by atoms with E-state index >= 15 is 0 Å². The summed E-state index contributed by atoms with van der Waals surface area (Å²) in [5.74, 6) is -0.594. The van der Waals surface area contributed by atoms with Crippen LogP contribution in [0.5, 0.6) is 0 Å². The van der Waals surface area contributed by atoms with Crippen LogP contribution in [0, 0.1) is 0 Å². The molecule has 0 radical (unpaired) electrons. The third-order valence-corrected chi connectivity index (χ3v) is 4.98. The molecule has 0 spiro atoms. The Morgan fingerprint density at radius 3 is 2.54 bits per heavy atom. The number of carbonyl (C=O) groups is 1. The summed E-state index contributed by atoms with van der Waals surface area (Å²) in [5.41, 5.74) is 2.22. The van der Waals surface area contributed by atoms with E-state index in [-0.39, 0.29) is 0 Å². The molecule has 126 valence electrons. The van der Waals surface area contributed by atoms with Gasteiger partial charge in [0.05, 0.1) is 5.92 Å². The van der Waals surface area contributed by atoms with Gasteiger partial charge in [-0.2, -0.15) is 0 Å². The van der Waals surface area contributed by atoms with Crippen molar-refractivity contribution in [2.75, 3.05) is 19.6 Å². The highest BCUT2D eigenvalue weighted by molar-refractivity contribution is 5.75. The van der Waals surface area contributed by atoms with E-state index < -0.39 is 11.9 Å². The van der Waals surface area contributed by atoms with Crippen LogP contribution in [-0.2, 0) is 4.79 Å². The third-order valence-electron chi connectivity index (χ3n) is 4.98.